The number of ether oxygens (including phenoxy) is 1. The Balaban J connectivity index is 1.86. The van der Waals surface area contributed by atoms with E-state index in [2.05, 4.69) is 15.9 Å². The maximum atomic E-state index is 12.4. The second kappa shape index (κ2) is 6.26. The normalized spacial score (nSPS) is 15.8. The van der Waals surface area contributed by atoms with E-state index in [1.807, 2.05) is 42.8 Å². The fourth-order valence-corrected chi connectivity index (χ4v) is 4.39. The summed E-state index contributed by atoms with van der Waals surface area (Å²) in [6, 6.07) is 13.3. The standard InChI is InChI=1S/C19H19N3O3S/c1-13-9-14(2)11-16(10-13)22-17(5-6-20-22)15-3-4-18-19(12-15)26(23,24)21-7-8-25-18/h3-6,9-12,21H,7-8H2,1-2H3. The SMILES string of the molecule is Cc1cc(C)cc(-n2nccc2-c2ccc3c(c2)S(=O)(=O)NCCO3)c1. The molecule has 7 heteroatoms. The van der Waals surface area contributed by atoms with Gasteiger partial charge < -0.3 is 4.74 Å². The lowest BCUT2D eigenvalue weighted by molar-refractivity contribution is 0.321. The Morgan fingerprint density at radius 3 is 2.62 bits per heavy atom. The molecule has 2 aromatic carbocycles. The number of aromatic nitrogens is 2. The second-order valence-corrected chi connectivity index (χ2v) is 8.12. The highest BCUT2D eigenvalue weighted by molar-refractivity contribution is 7.89. The third kappa shape index (κ3) is 3.00. The van der Waals surface area contributed by atoms with Crippen LogP contribution in [0.4, 0.5) is 0 Å². The Morgan fingerprint density at radius 2 is 1.85 bits per heavy atom. The van der Waals surface area contributed by atoms with Crippen LogP contribution < -0.4 is 9.46 Å². The first-order valence-electron chi connectivity index (χ1n) is 8.34. The minimum absolute atomic E-state index is 0.153. The van der Waals surface area contributed by atoms with Crippen molar-refractivity contribution in [3.8, 4) is 22.7 Å². The molecule has 0 spiro atoms. The molecular formula is C19H19N3O3S. The van der Waals surface area contributed by atoms with E-state index in [1.165, 1.54) is 0 Å². The highest BCUT2D eigenvalue weighted by Gasteiger charge is 2.24. The lowest BCUT2D eigenvalue weighted by Gasteiger charge is -2.12. The molecule has 0 atom stereocenters. The fraction of sp³-hybridized carbons (Fsp3) is 0.211. The second-order valence-electron chi connectivity index (χ2n) is 6.38. The van der Waals surface area contributed by atoms with Gasteiger partial charge in [0.2, 0.25) is 10.0 Å². The maximum absolute atomic E-state index is 12.4. The molecule has 0 bridgehead atoms. The maximum Gasteiger partial charge on any atom is 0.244 e. The minimum atomic E-state index is -3.59. The molecule has 0 amide bonds. The van der Waals surface area contributed by atoms with Crippen LogP contribution in [-0.2, 0) is 10.0 Å². The topological polar surface area (TPSA) is 73.2 Å². The van der Waals surface area contributed by atoms with Crippen LogP contribution in [0.3, 0.4) is 0 Å². The van der Waals surface area contributed by atoms with E-state index in [1.54, 1.807) is 18.3 Å². The number of nitrogens with one attached hydrogen (secondary N) is 1. The van der Waals surface area contributed by atoms with Crippen molar-refractivity contribution in [3.63, 3.8) is 0 Å². The first kappa shape index (κ1) is 16.8. The van der Waals surface area contributed by atoms with Crippen LogP contribution in [0, 0.1) is 13.8 Å². The summed E-state index contributed by atoms with van der Waals surface area (Å²) in [5, 5.41) is 4.43. The van der Waals surface area contributed by atoms with Crippen molar-refractivity contribution in [2.75, 3.05) is 13.2 Å². The molecular weight excluding hydrogens is 350 g/mol. The van der Waals surface area contributed by atoms with Gasteiger partial charge in [0.15, 0.2) is 0 Å². The van der Waals surface area contributed by atoms with Crippen LogP contribution in [0.2, 0.25) is 0 Å². The minimum Gasteiger partial charge on any atom is -0.491 e. The van der Waals surface area contributed by atoms with Crippen molar-refractivity contribution in [3.05, 3.63) is 59.8 Å². The molecule has 0 aliphatic carbocycles. The van der Waals surface area contributed by atoms with Gasteiger partial charge in [-0.25, -0.2) is 17.8 Å². The third-order valence-electron chi connectivity index (χ3n) is 4.27. The molecule has 1 aliphatic rings. The van der Waals surface area contributed by atoms with E-state index < -0.39 is 10.0 Å². The number of benzene rings is 2. The zero-order valence-electron chi connectivity index (χ0n) is 14.6. The van der Waals surface area contributed by atoms with E-state index in [0.717, 1.165) is 28.1 Å². The molecule has 0 saturated carbocycles. The van der Waals surface area contributed by atoms with Gasteiger partial charge in [-0.05, 0) is 61.4 Å². The summed E-state index contributed by atoms with van der Waals surface area (Å²) in [5.74, 6) is 0.371. The average Bonchev–Trinajstić information content (AvgIpc) is 3.02. The Morgan fingerprint density at radius 1 is 1.08 bits per heavy atom. The zero-order valence-corrected chi connectivity index (χ0v) is 15.4. The predicted octanol–water partition coefficient (Wildman–Crippen LogP) is 2.83. The lowest BCUT2D eigenvalue weighted by Crippen LogP contribution is -2.24. The number of nitrogens with zero attached hydrogens (tertiary/aromatic N) is 2. The van der Waals surface area contributed by atoms with Gasteiger partial charge in [-0.2, -0.15) is 5.10 Å². The van der Waals surface area contributed by atoms with Crippen LogP contribution in [0.1, 0.15) is 11.1 Å². The van der Waals surface area contributed by atoms with Crippen molar-refractivity contribution < 1.29 is 13.2 Å². The molecule has 0 unspecified atom stereocenters. The summed E-state index contributed by atoms with van der Waals surface area (Å²) >= 11 is 0. The molecule has 0 radical (unpaired) electrons. The van der Waals surface area contributed by atoms with Gasteiger partial charge in [-0.3, -0.25) is 0 Å². The number of aryl methyl sites for hydroxylation is 2. The average molecular weight is 369 g/mol. The van der Waals surface area contributed by atoms with E-state index in [9.17, 15) is 8.42 Å². The van der Waals surface area contributed by atoms with Gasteiger partial charge >= 0.3 is 0 Å². The quantitative estimate of drug-likeness (QED) is 0.754. The molecule has 3 aromatic rings. The Kier molecular flexibility index (Phi) is 4.05. The zero-order chi connectivity index (χ0) is 18.3. The lowest BCUT2D eigenvalue weighted by atomic mass is 10.1. The largest absolute Gasteiger partial charge is 0.491 e. The summed E-state index contributed by atoms with van der Waals surface area (Å²) in [6.07, 6.45) is 1.71. The molecule has 1 aliphatic heterocycles. The summed E-state index contributed by atoms with van der Waals surface area (Å²) in [4.78, 5) is 0.153. The third-order valence-corrected chi connectivity index (χ3v) is 5.76. The highest BCUT2D eigenvalue weighted by Crippen LogP contribution is 2.32. The molecule has 1 N–H and O–H groups in total. The van der Waals surface area contributed by atoms with Crippen molar-refractivity contribution in [1.29, 1.82) is 0 Å². The number of hydrogen-bond acceptors (Lipinski definition) is 4. The number of sulfonamides is 1. The van der Waals surface area contributed by atoms with Crippen LogP contribution >= 0.6 is 0 Å². The van der Waals surface area contributed by atoms with Crippen molar-refractivity contribution in [2.24, 2.45) is 0 Å². The summed E-state index contributed by atoms with van der Waals surface area (Å²) in [7, 11) is -3.59. The van der Waals surface area contributed by atoms with Gasteiger partial charge in [-0.15, -0.1) is 0 Å². The molecule has 26 heavy (non-hydrogen) atoms. The molecule has 1 aromatic heterocycles. The van der Waals surface area contributed by atoms with E-state index >= 15 is 0 Å². The molecule has 0 saturated heterocycles. The van der Waals surface area contributed by atoms with Crippen molar-refractivity contribution in [2.45, 2.75) is 18.7 Å². The Hall–Kier alpha value is -2.64. The molecule has 0 fully saturated rings. The van der Waals surface area contributed by atoms with Gasteiger partial charge in [0.05, 0.1) is 17.6 Å². The van der Waals surface area contributed by atoms with E-state index in [4.69, 9.17) is 4.74 Å². The number of fused-ring (bicyclic) bond motifs is 1. The first-order chi connectivity index (χ1) is 12.4. The fourth-order valence-electron chi connectivity index (χ4n) is 3.21. The van der Waals surface area contributed by atoms with Gasteiger partial charge in [0, 0.05) is 12.1 Å². The monoisotopic (exact) mass is 369 g/mol. The Bertz CT molecular complexity index is 1070. The van der Waals surface area contributed by atoms with Gasteiger partial charge in [0.25, 0.3) is 0 Å². The highest BCUT2D eigenvalue weighted by atomic mass is 32.2. The van der Waals surface area contributed by atoms with E-state index in [-0.39, 0.29) is 11.4 Å². The summed E-state index contributed by atoms with van der Waals surface area (Å²) < 4.78 is 34.8. The molecule has 2 heterocycles. The summed E-state index contributed by atoms with van der Waals surface area (Å²) in [6.45, 7) is 4.65. The molecule has 6 nitrogen and oxygen atoms in total. The molecule has 4 rings (SSSR count). The van der Waals surface area contributed by atoms with Crippen LogP contribution in [0.5, 0.6) is 5.75 Å². The van der Waals surface area contributed by atoms with Crippen LogP contribution in [0.15, 0.2) is 53.6 Å². The van der Waals surface area contributed by atoms with Crippen molar-refractivity contribution in [1.82, 2.24) is 14.5 Å². The Labute approximate surface area is 152 Å². The van der Waals surface area contributed by atoms with E-state index in [0.29, 0.717) is 12.4 Å². The van der Waals surface area contributed by atoms with Gasteiger partial charge in [0.1, 0.15) is 17.3 Å². The number of hydrogen-bond donors (Lipinski definition) is 1. The van der Waals surface area contributed by atoms with Gasteiger partial charge in [-0.1, -0.05) is 6.07 Å². The van der Waals surface area contributed by atoms with Crippen LogP contribution in [0.25, 0.3) is 16.9 Å². The smallest absolute Gasteiger partial charge is 0.244 e. The van der Waals surface area contributed by atoms with Crippen molar-refractivity contribution >= 4 is 10.0 Å². The van der Waals surface area contributed by atoms with Crippen LogP contribution in [-0.4, -0.2) is 31.3 Å². The summed E-state index contributed by atoms with van der Waals surface area (Å²) in [5.41, 5.74) is 4.80. The first-order valence-corrected chi connectivity index (χ1v) is 9.82. The number of rotatable bonds is 2. The predicted molar refractivity (Wildman–Crippen MR) is 99.2 cm³/mol. The molecule has 134 valence electrons.